The first kappa shape index (κ1) is 18.0. The Balaban J connectivity index is 1.70. The molecule has 0 unspecified atom stereocenters. The Morgan fingerprint density at radius 1 is 1.17 bits per heavy atom. The highest BCUT2D eigenvalue weighted by Crippen LogP contribution is 2.22. The van der Waals surface area contributed by atoms with Crippen molar-refractivity contribution in [1.29, 1.82) is 0 Å². The molecule has 1 aliphatic rings. The molecular formula is C20H32N2O. The van der Waals surface area contributed by atoms with Gasteiger partial charge in [0, 0.05) is 12.1 Å². The molecular weight excluding hydrogens is 284 g/mol. The molecule has 1 aromatic carbocycles. The van der Waals surface area contributed by atoms with Crippen LogP contribution in [0.5, 0.6) is 0 Å². The Bertz CT molecular complexity index is 493. The van der Waals surface area contributed by atoms with Gasteiger partial charge in [0.1, 0.15) is 0 Å². The maximum atomic E-state index is 12.2. The highest BCUT2D eigenvalue weighted by atomic mass is 16.1. The smallest absolute Gasteiger partial charge is 0.251 e. The van der Waals surface area contributed by atoms with E-state index in [0.29, 0.717) is 0 Å². The van der Waals surface area contributed by atoms with E-state index in [-0.39, 0.29) is 11.3 Å². The monoisotopic (exact) mass is 316 g/mol. The SMILES string of the molecule is CC1CCN(CCCNC(=O)c2ccc(C(C)(C)C)cc2)CC1. The van der Waals surface area contributed by atoms with Crippen molar-refractivity contribution in [2.75, 3.05) is 26.2 Å². The first-order valence-corrected chi connectivity index (χ1v) is 8.97. The number of carbonyl (C=O) groups excluding carboxylic acids is 1. The molecule has 0 atom stereocenters. The van der Waals surface area contributed by atoms with Crippen molar-refractivity contribution in [2.45, 2.75) is 52.4 Å². The Morgan fingerprint density at radius 3 is 2.35 bits per heavy atom. The number of hydrogen-bond acceptors (Lipinski definition) is 2. The molecule has 1 fully saturated rings. The second-order valence-corrected chi connectivity index (χ2v) is 7.96. The third-order valence-electron chi connectivity index (χ3n) is 4.83. The van der Waals surface area contributed by atoms with Gasteiger partial charge < -0.3 is 10.2 Å². The number of hydrogen-bond donors (Lipinski definition) is 1. The molecule has 1 aliphatic heterocycles. The van der Waals surface area contributed by atoms with Crippen molar-refractivity contribution < 1.29 is 4.79 Å². The number of carbonyl (C=O) groups is 1. The first-order valence-electron chi connectivity index (χ1n) is 8.97. The Hall–Kier alpha value is -1.35. The molecule has 0 bridgehead atoms. The maximum Gasteiger partial charge on any atom is 0.251 e. The molecule has 0 spiro atoms. The molecule has 0 aromatic heterocycles. The van der Waals surface area contributed by atoms with Gasteiger partial charge in [-0.3, -0.25) is 4.79 Å². The zero-order valence-corrected chi connectivity index (χ0v) is 15.2. The zero-order chi connectivity index (χ0) is 16.9. The van der Waals surface area contributed by atoms with Crippen molar-refractivity contribution >= 4 is 5.91 Å². The maximum absolute atomic E-state index is 12.2. The van der Waals surface area contributed by atoms with Gasteiger partial charge in [0.2, 0.25) is 0 Å². The minimum atomic E-state index is 0.0396. The van der Waals surface area contributed by atoms with Crippen LogP contribution in [0, 0.1) is 5.92 Å². The number of amides is 1. The van der Waals surface area contributed by atoms with Gasteiger partial charge in [0.15, 0.2) is 0 Å². The summed E-state index contributed by atoms with van der Waals surface area (Å²) in [6.07, 6.45) is 3.65. The van der Waals surface area contributed by atoms with Crippen LogP contribution in [0.1, 0.15) is 62.9 Å². The summed E-state index contributed by atoms with van der Waals surface area (Å²) in [4.78, 5) is 14.7. The summed E-state index contributed by atoms with van der Waals surface area (Å²) >= 11 is 0. The molecule has 1 heterocycles. The van der Waals surface area contributed by atoms with E-state index in [1.54, 1.807) is 0 Å². The molecule has 1 N–H and O–H groups in total. The predicted molar refractivity (Wildman–Crippen MR) is 96.9 cm³/mol. The minimum absolute atomic E-state index is 0.0396. The van der Waals surface area contributed by atoms with Crippen molar-refractivity contribution in [3.8, 4) is 0 Å². The van der Waals surface area contributed by atoms with E-state index in [9.17, 15) is 4.79 Å². The average Bonchev–Trinajstić information content (AvgIpc) is 2.52. The first-order chi connectivity index (χ1) is 10.9. The second-order valence-electron chi connectivity index (χ2n) is 7.96. The lowest BCUT2D eigenvalue weighted by molar-refractivity contribution is 0.0950. The molecule has 3 heteroatoms. The van der Waals surface area contributed by atoms with E-state index in [0.717, 1.165) is 31.0 Å². The van der Waals surface area contributed by atoms with E-state index < -0.39 is 0 Å². The number of nitrogens with one attached hydrogen (secondary N) is 1. The summed E-state index contributed by atoms with van der Waals surface area (Å²) in [6, 6.07) is 7.98. The van der Waals surface area contributed by atoms with Gasteiger partial charge in [-0.1, -0.05) is 39.8 Å². The van der Waals surface area contributed by atoms with Crippen LogP contribution >= 0.6 is 0 Å². The molecule has 0 aliphatic carbocycles. The lowest BCUT2D eigenvalue weighted by Gasteiger charge is -2.30. The van der Waals surface area contributed by atoms with Crippen LogP contribution in [0.15, 0.2) is 24.3 Å². The fraction of sp³-hybridized carbons (Fsp3) is 0.650. The average molecular weight is 316 g/mol. The second kappa shape index (κ2) is 7.96. The third kappa shape index (κ3) is 5.65. The summed E-state index contributed by atoms with van der Waals surface area (Å²) in [6.45, 7) is 13.2. The number of nitrogens with zero attached hydrogens (tertiary/aromatic N) is 1. The topological polar surface area (TPSA) is 32.3 Å². The van der Waals surface area contributed by atoms with Crippen LogP contribution in [-0.2, 0) is 5.41 Å². The van der Waals surface area contributed by atoms with E-state index in [4.69, 9.17) is 0 Å². The number of benzene rings is 1. The fourth-order valence-corrected chi connectivity index (χ4v) is 3.01. The zero-order valence-electron chi connectivity index (χ0n) is 15.2. The van der Waals surface area contributed by atoms with E-state index in [1.807, 2.05) is 12.1 Å². The number of piperidine rings is 1. The molecule has 1 aromatic rings. The Labute approximate surface area is 141 Å². The summed E-state index contributed by atoms with van der Waals surface area (Å²) < 4.78 is 0. The highest BCUT2D eigenvalue weighted by Gasteiger charge is 2.16. The van der Waals surface area contributed by atoms with Crippen LogP contribution in [-0.4, -0.2) is 37.0 Å². The molecule has 0 radical (unpaired) electrons. The molecule has 1 saturated heterocycles. The minimum Gasteiger partial charge on any atom is -0.352 e. The van der Waals surface area contributed by atoms with Crippen LogP contribution < -0.4 is 5.32 Å². The fourth-order valence-electron chi connectivity index (χ4n) is 3.01. The Kier molecular flexibility index (Phi) is 6.23. The number of rotatable bonds is 5. The van der Waals surface area contributed by atoms with Gasteiger partial charge in [-0.05, 0) is 67.9 Å². The normalized spacial score (nSPS) is 17.2. The third-order valence-corrected chi connectivity index (χ3v) is 4.83. The molecule has 0 saturated carbocycles. The van der Waals surface area contributed by atoms with Crippen LogP contribution in [0.25, 0.3) is 0 Å². The number of likely N-dealkylation sites (tertiary alicyclic amines) is 1. The van der Waals surface area contributed by atoms with Gasteiger partial charge in [-0.25, -0.2) is 0 Å². The summed E-state index contributed by atoms with van der Waals surface area (Å²) in [5, 5.41) is 3.04. The molecule has 3 nitrogen and oxygen atoms in total. The van der Waals surface area contributed by atoms with Crippen molar-refractivity contribution in [2.24, 2.45) is 5.92 Å². The van der Waals surface area contributed by atoms with Crippen molar-refractivity contribution in [3.05, 3.63) is 35.4 Å². The molecule has 2 rings (SSSR count). The van der Waals surface area contributed by atoms with Gasteiger partial charge in [0.25, 0.3) is 5.91 Å². The van der Waals surface area contributed by atoms with Crippen LogP contribution in [0.4, 0.5) is 0 Å². The Morgan fingerprint density at radius 2 is 1.78 bits per heavy atom. The van der Waals surface area contributed by atoms with Crippen LogP contribution in [0.2, 0.25) is 0 Å². The van der Waals surface area contributed by atoms with Crippen molar-refractivity contribution in [1.82, 2.24) is 10.2 Å². The predicted octanol–water partition coefficient (Wildman–Crippen LogP) is 3.84. The summed E-state index contributed by atoms with van der Waals surface area (Å²) in [5.74, 6) is 0.916. The summed E-state index contributed by atoms with van der Waals surface area (Å²) in [5.41, 5.74) is 2.14. The lowest BCUT2D eigenvalue weighted by Crippen LogP contribution is -2.35. The largest absolute Gasteiger partial charge is 0.352 e. The lowest BCUT2D eigenvalue weighted by atomic mass is 9.87. The van der Waals surface area contributed by atoms with Gasteiger partial charge in [-0.2, -0.15) is 0 Å². The van der Waals surface area contributed by atoms with Gasteiger partial charge in [-0.15, -0.1) is 0 Å². The standard InChI is InChI=1S/C20H32N2O/c1-16-10-14-22(15-11-16)13-5-12-21-19(23)17-6-8-18(9-7-17)20(2,3)4/h6-9,16H,5,10-15H2,1-4H3,(H,21,23). The van der Waals surface area contributed by atoms with Gasteiger partial charge >= 0.3 is 0 Å². The molecule has 1 amide bonds. The quantitative estimate of drug-likeness (QED) is 0.837. The highest BCUT2D eigenvalue weighted by molar-refractivity contribution is 5.94. The van der Waals surface area contributed by atoms with Crippen molar-refractivity contribution in [3.63, 3.8) is 0 Å². The summed E-state index contributed by atoms with van der Waals surface area (Å²) in [7, 11) is 0. The van der Waals surface area contributed by atoms with Gasteiger partial charge in [0.05, 0.1) is 0 Å². The van der Waals surface area contributed by atoms with E-state index in [1.165, 1.54) is 31.5 Å². The molecule has 128 valence electrons. The van der Waals surface area contributed by atoms with E-state index >= 15 is 0 Å². The molecule has 23 heavy (non-hydrogen) atoms. The van der Waals surface area contributed by atoms with E-state index in [2.05, 4.69) is 50.0 Å². The van der Waals surface area contributed by atoms with Crippen LogP contribution in [0.3, 0.4) is 0 Å².